The number of aromatic nitrogens is 1. The fourth-order valence-corrected chi connectivity index (χ4v) is 1.82. The van der Waals surface area contributed by atoms with Crippen LogP contribution in [-0.4, -0.2) is 26.6 Å². The van der Waals surface area contributed by atoms with E-state index in [1.807, 2.05) is 0 Å². The number of nitrogens with zero attached hydrogens (tertiary/aromatic N) is 1. The van der Waals surface area contributed by atoms with Crippen molar-refractivity contribution in [3.8, 4) is 5.75 Å². The lowest BCUT2D eigenvalue weighted by Crippen LogP contribution is -2.16. The third kappa shape index (κ3) is 2.42. The molecule has 0 radical (unpaired) electrons. The van der Waals surface area contributed by atoms with E-state index in [2.05, 4.69) is 10.3 Å². The minimum Gasteiger partial charge on any atom is -0.487 e. The van der Waals surface area contributed by atoms with Crippen molar-refractivity contribution in [2.24, 2.45) is 5.14 Å². The van der Waals surface area contributed by atoms with Crippen LogP contribution < -0.4 is 15.2 Å². The van der Waals surface area contributed by atoms with Gasteiger partial charge in [-0.1, -0.05) is 0 Å². The van der Waals surface area contributed by atoms with Crippen LogP contribution >= 0.6 is 0 Å². The zero-order valence-electron chi connectivity index (χ0n) is 8.80. The number of nitrogens with one attached hydrogen (secondary N) is 1. The number of sulfonamides is 1. The second kappa shape index (κ2) is 3.91. The van der Waals surface area contributed by atoms with E-state index < -0.39 is 10.0 Å². The molecule has 0 bridgehead atoms. The van der Waals surface area contributed by atoms with Crippen LogP contribution in [0.3, 0.4) is 0 Å². The number of hydrogen-bond donors (Lipinski definition) is 2. The molecule has 1 aromatic heterocycles. The zero-order valence-corrected chi connectivity index (χ0v) is 9.62. The molecule has 0 amide bonds. The van der Waals surface area contributed by atoms with Crippen molar-refractivity contribution in [3.63, 3.8) is 0 Å². The number of hydrogen-bond acceptors (Lipinski definition) is 5. The maximum atomic E-state index is 11.3. The molecule has 0 spiro atoms. The summed E-state index contributed by atoms with van der Waals surface area (Å²) in [5.74, 6) is 0.219. The van der Waals surface area contributed by atoms with Gasteiger partial charge in [-0.3, -0.25) is 0 Å². The Bertz CT molecular complexity index is 497. The molecule has 1 aliphatic rings. The van der Waals surface area contributed by atoms with E-state index in [9.17, 15) is 8.42 Å². The van der Waals surface area contributed by atoms with Crippen molar-refractivity contribution in [1.29, 1.82) is 0 Å². The van der Waals surface area contributed by atoms with Crippen LogP contribution in [-0.2, 0) is 10.0 Å². The number of rotatable bonds is 4. The Morgan fingerprint density at radius 2 is 2.25 bits per heavy atom. The third-order valence-corrected chi connectivity index (χ3v) is 3.04. The largest absolute Gasteiger partial charge is 0.487 e. The van der Waals surface area contributed by atoms with E-state index in [0.29, 0.717) is 5.69 Å². The van der Waals surface area contributed by atoms with E-state index in [0.717, 1.165) is 12.8 Å². The highest BCUT2D eigenvalue weighted by atomic mass is 32.2. The van der Waals surface area contributed by atoms with Gasteiger partial charge in [-0.25, -0.2) is 18.5 Å². The molecule has 1 fully saturated rings. The summed E-state index contributed by atoms with van der Waals surface area (Å²) in [4.78, 5) is 3.80. The molecular weight excluding hydrogens is 230 g/mol. The fraction of sp³-hybridized carbons (Fsp3) is 0.444. The molecular formula is C9H13N3O3S. The van der Waals surface area contributed by atoms with E-state index in [1.165, 1.54) is 6.20 Å². The SMILES string of the molecule is CNc1cnc(S(N)(=O)=O)c(OC2CC2)c1. The Kier molecular flexibility index (Phi) is 2.73. The van der Waals surface area contributed by atoms with Gasteiger partial charge in [0.25, 0.3) is 10.0 Å². The molecule has 1 aliphatic carbocycles. The smallest absolute Gasteiger partial charge is 0.259 e. The molecule has 7 heteroatoms. The predicted octanol–water partition coefficient (Wildman–Crippen LogP) is 0.312. The van der Waals surface area contributed by atoms with Gasteiger partial charge in [0.2, 0.25) is 5.03 Å². The summed E-state index contributed by atoms with van der Waals surface area (Å²) in [6, 6.07) is 1.59. The van der Waals surface area contributed by atoms with Gasteiger partial charge >= 0.3 is 0 Å². The van der Waals surface area contributed by atoms with Gasteiger partial charge in [0.15, 0.2) is 5.75 Å². The highest BCUT2D eigenvalue weighted by molar-refractivity contribution is 7.89. The molecule has 1 aromatic rings. The molecule has 3 N–H and O–H groups in total. The van der Waals surface area contributed by atoms with Gasteiger partial charge in [0.1, 0.15) is 0 Å². The molecule has 2 rings (SSSR count). The lowest BCUT2D eigenvalue weighted by molar-refractivity contribution is 0.292. The number of nitrogens with two attached hydrogens (primary N) is 1. The van der Waals surface area contributed by atoms with Crippen LogP contribution in [0.25, 0.3) is 0 Å². The summed E-state index contributed by atoms with van der Waals surface area (Å²) in [7, 11) is -2.12. The second-order valence-electron chi connectivity index (χ2n) is 3.64. The minimum atomic E-state index is -3.84. The van der Waals surface area contributed by atoms with Gasteiger partial charge in [0.05, 0.1) is 18.0 Å². The molecule has 0 unspecified atom stereocenters. The fourth-order valence-electron chi connectivity index (χ4n) is 1.23. The minimum absolute atomic E-state index is 0.0920. The second-order valence-corrected chi connectivity index (χ2v) is 5.12. The van der Waals surface area contributed by atoms with Gasteiger partial charge in [-0.2, -0.15) is 0 Å². The Labute approximate surface area is 93.9 Å². The Morgan fingerprint density at radius 3 is 2.75 bits per heavy atom. The third-order valence-electron chi connectivity index (χ3n) is 2.19. The summed E-state index contributed by atoms with van der Waals surface area (Å²) in [5, 5.41) is 7.71. The highest BCUT2D eigenvalue weighted by Crippen LogP contribution is 2.31. The molecule has 0 atom stereocenters. The molecule has 16 heavy (non-hydrogen) atoms. The average Bonchev–Trinajstić information content (AvgIpc) is 3.00. The zero-order chi connectivity index (χ0) is 11.8. The van der Waals surface area contributed by atoms with E-state index >= 15 is 0 Å². The van der Waals surface area contributed by atoms with E-state index in [1.54, 1.807) is 13.1 Å². The Hall–Kier alpha value is -1.34. The maximum absolute atomic E-state index is 11.3. The summed E-state index contributed by atoms with van der Waals surface area (Å²) < 4.78 is 28.0. The summed E-state index contributed by atoms with van der Waals surface area (Å²) in [5.41, 5.74) is 0.683. The van der Waals surface area contributed by atoms with E-state index in [-0.39, 0.29) is 16.9 Å². The van der Waals surface area contributed by atoms with Crippen molar-refractivity contribution in [1.82, 2.24) is 4.98 Å². The number of ether oxygens (including phenoxy) is 1. The standard InChI is InChI=1S/C9H13N3O3S/c1-11-6-4-8(15-7-2-3-7)9(12-5-6)16(10,13)14/h4-5,7,11H,2-3H2,1H3,(H2,10,13,14). The predicted molar refractivity (Wildman–Crippen MR) is 58.8 cm³/mol. The van der Waals surface area contributed by atoms with E-state index in [4.69, 9.17) is 9.88 Å². The molecule has 0 aromatic carbocycles. The normalized spacial score (nSPS) is 15.9. The van der Waals surface area contributed by atoms with Crippen molar-refractivity contribution in [2.75, 3.05) is 12.4 Å². The van der Waals surface area contributed by atoms with Gasteiger partial charge in [-0.05, 0) is 12.8 Å². The first-order chi connectivity index (χ1) is 7.50. The van der Waals surface area contributed by atoms with Crippen molar-refractivity contribution in [3.05, 3.63) is 12.3 Å². The van der Waals surface area contributed by atoms with Crippen LogP contribution in [0.1, 0.15) is 12.8 Å². The first kappa shape index (κ1) is 11.2. The monoisotopic (exact) mass is 243 g/mol. The summed E-state index contributed by atoms with van der Waals surface area (Å²) in [6.45, 7) is 0. The maximum Gasteiger partial charge on any atom is 0.259 e. The molecule has 1 heterocycles. The van der Waals surface area contributed by atoms with Crippen LogP contribution in [0, 0.1) is 0 Å². The lowest BCUT2D eigenvalue weighted by atomic mass is 10.4. The Balaban J connectivity index is 2.41. The van der Waals surface area contributed by atoms with Crippen molar-refractivity contribution >= 4 is 15.7 Å². The quantitative estimate of drug-likeness (QED) is 0.793. The van der Waals surface area contributed by atoms with Gasteiger partial charge in [0, 0.05) is 13.1 Å². The molecule has 0 saturated heterocycles. The van der Waals surface area contributed by atoms with Crippen molar-refractivity contribution in [2.45, 2.75) is 24.0 Å². The number of anilines is 1. The number of pyridine rings is 1. The summed E-state index contributed by atoms with van der Waals surface area (Å²) in [6.07, 6.45) is 3.37. The lowest BCUT2D eigenvalue weighted by Gasteiger charge is -2.10. The molecule has 1 saturated carbocycles. The first-order valence-electron chi connectivity index (χ1n) is 4.88. The topological polar surface area (TPSA) is 94.3 Å². The highest BCUT2D eigenvalue weighted by Gasteiger charge is 2.27. The summed E-state index contributed by atoms with van der Waals surface area (Å²) >= 11 is 0. The van der Waals surface area contributed by atoms with Crippen LogP contribution in [0.15, 0.2) is 17.3 Å². The van der Waals surface area contributed by atoms with Crippen LogP contribution in [0.2, 0.25) is 0 Å². The van der Waals surface area contributed by atoms with Gasteiger partial charge in [-0.15, -0.1) is 0 Å². The number of primary sulfonamides is 1. The van der Waals surface area contributed by atoms with Crippen LogP contribution in [0.4, 0.5) is 5.69 Å². The Morgan fingerprint density at radius 1 is 1.56 bits per heavy atom. The first-order valence-corrected chi connectivity index (χ1v) is 6.42. The van der Waals surface area contributed by atoms with Gasteiger partial charge < -0.3 is 10.1 Å². The molecule has 0 aliphatic heterocycles. The van der Waals surface area contributed by atoms with Crippen molar-refractivity contribution < 1.29 is 13.2 Å². The average molecular weight is 243 g/mol. The molecule has 88 valence electrons. The van der Waals surface area contributed by atoms with Crippen LogP contribution in [0.5, 0.6) is 5.75 Å². The molecule has 6 nitrogen and oxygen atoms in total.